The van der Waals surface area contributed by atoms with Gasteiger partial charge in [-0.15, -0.1) is 0 Å². The van der Waals surface area contributed by atoms with Gasteiger partial charge in [0.25, 0.3) is 0 Å². The van der Waals surface area contributed by atoms with E-state index < -0.39 is 24.0 Å². The summed E-state index contributed by atoms with van der Waals surface area (Å²) in [4.78, 5) is 12.1. The molecule has 3 rings (SSSR count). The molecule has 0 spiro atoms. The first-order valence-corrected chi connectivity index (χ1v) is 7.53. The molecule has 1 aliphatic rings. The monoisotopic (exact) mass is 391 g/mol. The summed E-state index contributed by atoms with van der Waals surface area (Å²) in [5.74, 6) is 0.262. The molecule has 0 aliphatic carbocycles. The first-order valence-electron chi connectivity index (χ1n) is 6.01. The van der Waals surface area contributed by atoms with Crippen LogP contribution in [-0.4, -0.2) is 52.0 Å². The van der Waals surface area contributed by atoms with E-state index in [-0.39, 0.29) is 5.82 Å². The van der Waals surface area contributed by atoms with Crippen LogP contribution in [0.1, 0.15) is 13.2 Å². The third-order valence-electron chi connectivity index (χ3n) is 3.56. The second-order valence-electron chi connectivity index (χ2n) is 4.97. The molecule has 8 nitrogen and oxygen atoms in total. The number of nitrogens with two attached hydrogens (primary N) is 1. The number of ether oxygens (including phenoxy) is 1. The minimum atomic E-state index is -1.07. The molecule has 4 atom stereocenters. The number of hydrogen-bond donors (Lipinski definition) is 3. The smallest absolute Gasteiger partial charge is 0.167 e. The Bertz CT molecular complexity index is 650. The van der Waals surface area contributed by atoms with Crippen molar-refractivity contribution in [1.29, 1.82) is 0 Å². The molecule has 9 heteroatoms. The highest BCUT2D eigenvalue weighted by Crippen LogP contribution is 2.39. The second kappa shape index (κ2) is 4.76. The highest BCUT2D eigenvalue weighted by Gasteiger charge is 2.51. The Morgan fingerprint density at radius 1 is 1.45 bits per heavy atom. The molecule has 1 fully saturated rings. The van der Waals surface area contributed by atoms with Crippen molar-refractivity contribution in [3.63, 3.8) is 0 Å². The predicted molar refractivity (Wildman–Crippen MR) is 79.2 cm³/mol. The van der Waals surface area contributed by atoms with Crippen LogP contribution in [0.3, 0.4) is 0 Å². The van der Waals surface area contributed by atoms with Crippen molar-refractivity contribution in [3.05, 3.63) is 12.7 Å². The number of aliphatic hydroxyl groups is 2. The summed E-state index contributed by atoms with van der Waals surface area (Å²) in [6, 6.07) is 0. The third-order valence-corrected chi connectivity index (χ3v) is 5.07. The van der Waals surface area contributed by atoms with Gasteiger partial charge in [0.2, 0.25) is 0 Å². The number of aromatic nitrogens is 4. The van der Waals surface area contributed by atoms with E-state index in [9.17, 15) is 10.2 Å². The van der Waals surface area contributed by atoms with Gasteiger partial charge in [-0.1, -0.05) is 22.6 Å². The topological polar surface area (TPSA) is 119 Å². The summed E-state index contributed by atoms with van der Waals surface area (Å²) in [5, 5.41) is 20.4. The number of aliphatic hydroxyl groups excluding tert-OH is 2. The van der Waals surface area contributed by atoms with Crippen molar-refractivity contribution < 1.29 is 14.9 Å². The van der Waals surface area contributed by atoms with E-state index in [0.29, 0.717) is 15.6 Å². The summed E-state index contributed by atoms with van der Waals surface area (Å²) in [7, 11) is 0. The summed E-state index contributed by atoms with van der Waals surface area (Å²) in [5.41, 5.74) is 5.82. The van der Waals surface area contributed by atoms with Gasteiger partial charge < -0.3 is 20.7 Å². The molecule has 0 bridgehead atoms. The molecule has 4 N–H and O–H groups in total. The summed E-state index contributed by atoms with van der Waals surface area (Å²) in [6.45, 7) is 1.76. The molecule has 20 heavy (non-hydrogen) atoms. The maximum Gasteiger partial charge on any atom is 0.167 e. The quantitative estimate of drug-likeness (QED) is 0.481. The van der Waals surface area contributed by atoms with E-state index in [1.807, 2.05) is 0 Å². The average molecular weight is 391 g/mol. The molecule has 0 amide bonds. The van der Waals surface area contributed by atoms with Gasteiger partial charge in [-0.3, -0.25) is 4.57 Å². The molecule has 2 aromatic heterocycles. The van der Waals surface area contributed by atoms with Crippen LogP contribution in [0, 0.1) is 0 Å². The Labute approximate surface area is 128 Å². The zero-order chi connectivity index (χ0) is 14.5. The molecule has 2 unspecified atom stereocenters. The highest BCUT2D eigenvalue weighted by atomic mass is 127. The van der Waals surface area contributed by atoms with Crippen molar-refractivity contribution in [2.24, 2.45) is 0 Å². The van der Waals surface area contributed by atoms with Crippen LogP contribution < -0.4 is 5.73 Å². The van der Waals surface area contributed by atoms with Crippen LogP contribution in [0.5, 0.6) is 0 Å². The summed E-state index contributed by atoms with van der Waals surface area (Å²) >= 11 is 2.12. The lowest BCUT2D eigenvalue weighted by atomic mass is 10.0. The maximum absolute atomic E-state index is 10.2. The number of imidazole rings is 1. The lowest BCUT2D eigenvalue weighted by Gasteiger charge is -2.24. The molecule has 0 saturated carbocycles. The lowest BCUT2D eigenvalue weighted by Crippen LogP contribution is -2.41. The van der Waals surface area contributed by atoms with E-state index in [2.05, 4.69) is 37.5 Å². The number of halogens is 1. The number of nitrogen functional groups attached to an aromatic ring is 1. The van der Waals surface area contributed by atoms with E-state index in [4.69, 9.17) is 10.5 Å². The largest absolute Gasteiger partial charge is 0.387 e. The van der Waals surface area contributed by atoms with Gasteiger partial charge in [0, 0.05) is 4.43 Å². The van der Waals surface area contributed by atoms with E-state index in [1.165, 1.54) is 12.7 Å². The lowest BCUT2D eigenvalue weighted by molar-refractivity contribution is -0.0755. The van der Waals surface area contributed by atoms with Crippen molar-refractivity contribution >= 4 is 39.6 Å². The summed E-state index contributed by atoms with van der Waals surface area (Å²) in [6.07, 6.45) is -0.00569. The molecule has 0 radical (unpaired) electrons. The van der Waals surface area contributed by atoms with Crippen molar-refractivity contribution in [3.8, 4) is 0 Å². The number of fused-ring (bicyclic) bond motifs is 1. The normalized spacial score (nSPS) is 33.9. The van der Waals surface area contributed by atoms with Crippen molar-refractivity contribution in [1.82, 2.24) is 19.5 Å². The van der Waals surface area contributed by atoms with Crippen LogP contribution in [0.2, 0.25) is 0 Å². The van der Waals surface area contributed by atoms with Gasteiger partial charge in [0.1, 0.15) is 29.7 Å². The molecule has 1 aliphatic heterocycles. The van der Waals surface area contributed by atoms with Crippen LogP contribution in [0.15, 0.2) is 12.7 Å². The van der Waals surface area contributed by atoms with E-state index >= 15 is 0 Å². The van der Waals surface area contributed by atoms with Crippen LogP contribution in [0.4, 0.5) is 5.82 Å². The Balaban J connectivity index is 2.06. The molecule has 1 saturated heterocycles. The number of nitrogens with zero attached hydrogens (tertiary/aromatic N) is 4. The fourth-order valence-electron chi connectivity index (χ4n) is 2.32. The minimum Gasteiger partial charge on any atom is -0.387 e. The third kappa shape index (κ3) is 1.88. The SMILES string of the molecule is C[C@]1(CI)O[C@@H](n2cnc3c(N)ncnc32)C(O)C1O. The standard InChI is InChI=1S/C11H14IN5O3/c1-11(2-12)7(19)6(18)10(20-11)17-4-16-5-8(13)14-3-15-9(5)17/h3-4,6-7,10,18-19H,2H2,1H3,(H2,13,14,15)/t6?,7?,10-,11-/m1/s1. The number of alkyl halides is 1. The average Bonchev–Trinajstić information content (AvgIpc) is 2.96. The number of anilines is 1. The van der Waals surface area contributed by atoms with E-state index in [1.54, 1.807) is 11.5 Å². The fraction of sp³-hybridized carbons (Fsp3) is 0.545. The molecule has 3 heterocycles. The van der Waals surface area contributed by atoms with Crippen LogP contribution >= 0.6 is 22.6 Å². The Morgan fingerprint density at radius 2 is 2.20 bits per heavy atom. The van der Waals surface area contributed by atoms with Gasteiger partial charge in [-0.2, -0.15) is 0 Å². The fourth-order valence-corrected chi connectivity index (χ4v) is 2.95. The van der Waals surface area contributed by atoms with Gasteiger partial charge in [0.15, 0.2) is 17.7 Å². The Morgan fingerprint density at radius 3 is 2.85 bits per heavy atom. The predicted octanol–water partition coefficient (Wildman–Crippen LogP) is -0.147. The van der Waals surface area contributed by atoms with Gasteiger partial charge in [0.05, 0.1) is 6.33 Å². The zero-order valence-corrected chi connectivity index (χ0v) is 12.8. The van der Waals surface area contributed by atoms with Crippen molar-refractivity contribution in [2.75, 3.05) is 10.2 Å². The van der Waals surface area contributed by atoms with Crippen LogP contribution in [-0.2, 0) is 4.74 Å². The number of rotatable bonds is 2. The molecule has 2 aromatic rings. The summed E-state index contributed by atoms with van der Waals surface area (Å²) < 4.78 is 7.94. The zero-order valence-electron chi connectivity index (χ0n) is 10.6. The Kier molecular flexibility index (Phi) is 3.31. The highest BCUT2D eigenvalue weighted by molar-refractivity contribution is 14.1. The molecular formula is C11H14IN5O3. The van der Waals surface area contributed by atoms with Gasteiger partial charge >= 0.3 is 0 Å². The minimum absolute atomic E-state index is 0.262. The first kappa shape index (κ1) is 13.9. The van der Waals surface area contributed by atoms with Crippen molar-refractivity contribution in [2.45, 2.75) is 31.0 Å². The van der Waals surface area contributed by atoms with E-state index in [0.717, 1.165) is 0 Å². The van der Waals surface area contributed by atoms with Crippen LogP contribution in [0.25, 0.3) is 11.2 Å². The van der Waals surface area contributed by atoms with Gasteiger partial charge in [-0.25, -0.2) is 15.0 Å². The first-order chi connectivity index (χ1) is 9.48. The molecular weight excluding hydrogens is 377 g/mol. The Hall–Kier alpha value is -1.04. The number of hydrogen-bond acceptors (Lipinski definition) is 7. The maximum atomic E-state index is 10.2. The molecule has 108 valence electrons. The molecule has 0 aromatic carbocycles. The van der Waals surface area contributed by atoms with Gasteiger partial charge in [-0.05, 0) is 6.92 Å². The second-order valence-corrected chi connectivity index (χ2v) is 5.74.